The number of urea groups is 1. The van der Waals surface area contributed by atoms with Gasteiger partial charge in [0.2, 0.25) is 0 Å². The number of ether oxygens (including phenoxy) is 2. The second kappa shape index (κ2) is 7.62. The zero-order valence-corrected chi connectivity index (χ0v) is 11.0. The Morgan fingerprint density at radius 2 is 2.05 bits per heavy atom. The van der Waals surface area contributed by atoms with E-state index < -0.39 is 11.9 Å². The quantitative estimate of drug-likeness (QED) is 0.477. The number of carbonyl (C=O) groups is 2. The van der Waals surface area contributed by atoms with Gasteiger partial charge in [0.25, 0.3) is 5.91 Å². The Kier molecular flexibility index (Phi) is 5.82. The van der Waals surface area contributed by atoms with Gasteiger partial charge in [0.05, 0.1) is 12.8 Å². The summed E-state index contributed by atoms with van der Waals surface area (Å²) in [6.07, 6.45) is 1.39. The number of rotatable bonds is 7. The maximum absolute atomic E-state index is 10.7. The number of primary amides is 2. The van der Waals surface area contributed by atoms with Crippen LogP contribution in [0.25, 0.3) is 0 Å². The lowest BCUT2D eigenvalue weighted by molar-refractivity contribution is -0.119. The predicted molar refractivity (Wildman–Crippen MR) is 72.6 cm³/mol. The summed E-state index contributed by atoms with van der Waals surface area (Å²) in [5.41, 5.74) is 12.6. The van der Waals surface area contributed by atoms with Gasteiger partial charge in [-0.2, -0.15) is 5.10 Å². The van der Waals surface area contributed by atoms with Gasteiger partial charge in [0.15, 0.2) is 18.1 Å². The molecule has 0 spiro atoms. The number of amides is 3. The van der Waals surface area contributed by atoms with Crippen LogP contribution < -0.4 is 26.4 Å². The van der Waals surface area contributed by atoms with Crippen molar-refractivity contribution in [3.05, 3.63) is 23.8 Å². The Labute approximate surface area is 115 Å². The molecule has 0 heterocycles. The van der Waals surface area contributed by atoms with Crippen molar-refractivity contribution in [1.29, 1.82) is 0 Å². The monoisotopic (exact) mass is 280 g/mol. The number of hydrogen-bond donors (Lipinski definition) is 3. The molecule has 0 saturated heterocycles. The minimum atomic E-state index is -0.757. The van der Waals surface area contributed by atoms with E-state index in [1.165, 1.54) is 6.21 Å². The fraction of sp³-hybridized carbons (Fsp3) is 0.250. The highest BCUT2D eigenvalue weighted by atomic mass is 16.5. The first-order valence-electron chi connectivity index (χ1n) is 5.79. The van der Waals surface area contributed by atoms with Gasteiger partial charge in [0, 0.05) is 0 Å². The van der Waals surface area contributed by atoms with Crippen LogP contribution in [0.1, 0.15) is 12.5 Å². The van der Waals surface area contributed by atoms with Gasteiger partial charge in [-0.05, 0) is 30.7 Å². The van der Waals surface area contributed by atoms with Crippen LogP contribution in [-0.4, -0.2) is 31.4 Å². The first-order chi connectivity index (χ1) is 9.52. The maximum Gasteiger partial charge on any atom is 0.332 e. The molecule has 0 aliphatic heterocycles. The summed E-state index contributed by atoms with van der Waals surface area (Å²) in [6.45, 7) is 2.00. The van der Waals surface area contributed by atoms with Gasteiger partial charge < -0.3 is 20.9 Å². The lowest BCUT2D eigenvalue weighted by Gasteiger charge is -2.11. The molecule has 108 valence electrons. The molecular weight excluding hydrogens is 264 g/mol. The first-order valence-corrected chi connectivity index (χ1v) is 5.79. The summed E-state index contributed by atoms with van der Waals surface area (Å²) in [6, 6.07) is 4.17. The van der Waals surface area contributed by atoms with E-state index in [9.17, 15) is 9.59 Å². The summed E-state index contributed by atoms with van der Waals surface area (Å²) in [4.78, 5) is 21.2. The number of nitrogens with two attached hydrogens (primary N) is 2. The summed E-state index contributed by atoms with van der Waals surface area (Å²) in [5, 5.41) is 3.63. The molecule has 0 fully saturated rings. The predicted octanol–water partition coefficient (Wildman–Crippen LogP) is -0.0484. The van der Waals surface area contributed by atoms with Crippen molar-refractivity contribution in [2.45, 2.75) is 6.92 Å². The number of hydrogen-bond acceptors (Lipinski definition) is 5. The molecule has 1 aromatic carbocycles. The molecule has 1 aromatic rings. The minimum Gasteiger partial charge on any atom is -0.490 e. The van der Waals surface area contributed by atoms with Crippen LogP contribution >= 0.6 is 0 Å². The van der Waals surface area contributed by atoms with Crippen molar-refractivity contribution in [2.24, 2.45) is 16.6 Å². The van der Waals surface area contributed by atoms with Crippen molar-refractivity contribution in [1.82, 2.24) is 5.43 Å². The molecule has 1 rings (SSSR count). The standard InChI is InChI=1S/C12H16N4O4/c1-2-19-10-5-8(6-15-16-12(14)18)3-4-9(10)20-7-11(13)17/h3-6H,2,7H2,1H3,(H2,13,17)(H3,14,16,18). The first kappa shape index (κ1) is 15.3. The van der Waals surface area contributed by atoms with Crippen LogP contribution in [0.15, 0.2) is 23.3 Å². The molecule has 20 heavy (non-hydrogen) atoms. The Bertz CT molecular complexity index is 516. The normalized spacial score (nSPS) is 10.2. The van der Waals surface area contributed by atoms with Gasteiger partial charge in [0.1, 0.15) is 0 Å². The van der Waals surface area contributed by atoms with Crippen LogP contribution in [0.5, 0.6) is 11.5 Å². The lowest BCUT2D eigenvalue weighted by Crippen LogP contribution is -2.24. The zero-order chi connectivity index (χ0) is 15.0. The molecule has 0 aliphatic rings. The van der Waals surface area contributed by atoms with Crippen molar-refractivity contribution < 1.29 is 19.1 Å². The molecule has 0 atom stereocenters. The highest BCUT2D eigenvalue weighted by Crippen LogP contribution is 2.27. The van der Waals surface area contributed by atoms with Crippen LogP contribution in [0.3, 0.4) is 0 Å². The summed E-state index contributed by atoms with van der Waals surface area (Å²) in [5.74, 6) is 0.256. The molecule has 0 bridgehead atoms. The molecule has 5 N–H and O–H groups in total. The highest BCUT2D eigenvalue weighted by molar-refractivity contribution is 5.82. The van der Waals surface area contributed by atoms with Crippen molar-refractivity contribution in [2.75, 3.05) is 13.2 Å². The largest absolute Gasteiger partial charge is 0.490 e. The number of carbonyl (C=O) groups excluding carboxylic acids is 2. The third kappa shape index (κ3) is 5.25. The van der Waals surface area contributed by atoms with E-state index in [4.69, 9.17) is 20.9 Å². The smallest absolute Gasteiger partial charge is 0.332 e. The van der Waals surface area contributed by atoms with E-state index in [-0.39, 0.29) is 6.61 Å². The van der Waals surface area contributed by atoms with Gasteiger partial charge >= 0.3 is 6.03 Å². The Hall–Kier alpha value is -2.77. The van der Waals surface area contributed by atoms with Gasteiger partial charge in [-0.25, -0.2) is 10.2 Å². The summed E-state index contributed by atoms with van der Waals surface area (Å²) < 4.78 is 10.6. The maximum atomic E-state index is 10.7. The fourth-order valence-electron chi connectivity index (χ4n) is 1.31. The Morgan fingerprint density at radius 3 is 2.65 bits per heavy atom. The number of nitrogens with one attached hydrogen (secondary N) is 1. The molecule has 0 saturated carbocycles. The average Bonchev–Trinajstić information content (AvgIpc) is 2.37. The van der Waals surface area contributed by atoms with E-state index in [0.29, 0.717) is 23.7 Å². The van der Waals surface area contributed by atoms with Crippen LogP contribution in [-0.2, 0) is 4.79 Å². The molecule has 3 amide bonds. The average molecular weight is 280 g/mol. The molecule has 8 heteroatoms. The second-order valence-corrected chi connectivity index (χ2v) is 3.63. The third-order valence-electron chi connectivity index (χ3n) is 2.03. The van der Waals surface area contributed by atoms with E-state index in [2.05, 4.69) is 10.5 Å². The molecule has 0 aromatic heterocycles. The van der Waals surface area contributed by atoms with E-state index in [1.54, 1.807) is 18.2 Å². The van der Waals surface area contributed by atoms with Crippen LogP contribution in [0.4, 0.5) is 4.79 Å². The SMILES string of the molecule is CCOc1cc(C=NNC(N)=O)ccc1OCC(N)=O. The molecule has 0 radical (unpaired) electrons. The van der Waals surface area contributed by atoms with Crippen molar-refractivity contribution >= 4 is 18.2 Å². The van der Waals surface area contributed by atoms with Gasteiger partial charge in [-0.15, -0.1) is 0 Å². The molecule has 0 aliphatic carbocycles. The molecular formula is C12H16N4O4. The summed E-state index contributed by atoms with van der Waals surface area (Å²) >= 11 is 0. The van der Waals surface area contributed by atoms with Crippen LogP contribution in [0, 0.1) is 0 Å². The fourth-order valence-corrected chi connectivity index (χ4v) is 1.31. The number of nitrogens with zero attached hydrogens (tertiary/aromatic N) is 1. The van der Waals surface area contributed by atoms with E-state index in [0.717, 1.165) is 0 Å². The molecule has 8 nitrogen and oxygen atoms in total. The highest BCUT2D eigenvalue weighted by Gasteiger charge is 2.07. The van der Waals surface area contributed by atoms with Crippen molar-refractivity contribution in [3.63, 3.8) is 0 Å². The van der Waals surface area contributed by atoms with Gasteiger partial charge in [-0.3, -0.25) is 4.79 Å². The lowest BCUT2D eigenvalue weighted by atomic mass is 10.2. The van der Waals surface area contributed by atoms with E-state index >= 15 is 0 Å². The van der Waals surface area contributed by atoms with Crippen LogP contribution in [0.2, 0.25) is 0 Å². The Morgan fingerprint density at radius 1 is 1.30 bits per heavy atom. The number of benzene rings is 1. The topological polar surface area (TPSA) is 129 Å². The summed E-state index contributed by atoms with van der Waals surface area (Å²) in [7, 11) is 0. The number of hydrazone groups is 1. The van der Waals surface area contributed by atoms with Crippen molar-refractivity contribution in [3.8, 4) is 11.5 Å². The third-order valence-corrected chi connectivity index (χ3v) is 2.03. The Balaban J connectivity index is 2.85. The molecule has 0 unspecified atom stereocenters. The minimum absolute atomic E-state index is 0.239. The van der Waals surface area contributed by atoms with E-state index in [1.807, 2.05) is 6.92 Å². The second-order valence-electron chi connectivity index (χ2n) is 3.63. The zero-order valence-electron chi connectivity index (χ0n) is 11.0. The van der Waals surface area contributed by atoms with Gasteiger partial charge in [-0.1, -0.05) is 0 Å².